The summed E-state index contributed by atoms with van der Waals surface area (Å²) in [5, 5.41) is 3.18. The van der Waals surface area contributed by atoms with Crippen LogP contribution in [0.3, 0.4) is 0 Å². The highest BCUT2D eigenvalue weighted by atomic mass is 79.9. The number of hydrogen-bond donors (Lipinski definition) is 1. The van der Waals surface area contributed by atoms with Gasteiger partial charge in [0.1, 0.15) is 5.54 Å². The van der Waals surface area contributed by atoms with E-state index in [1.807, 2.05) is 32.9 Å². The molecule has 0 aliphatic heterocycles. The van der Waals surface area contributed by atoms with Gasteiger partial charge in [0.25, 0.3) is 0 Å². The molecular weight excluding hydrogens is 282 g/mol. The van der Waals surface area contributed by atoms with E-state index < -0.39 is 5.54 Å². The number of benzene rings is 1. The molecule has 17 heavy (non-hydrogen) atoms. The van der Waals surface area contributed by atoms with Crippen molar-refractivity contribution in [3.63, 3.8) is 0 Å². The summed E-state index contributed by atoms with van der Waals surface area (Å²) in [6, 6.07) is 6.12. The third-order valence-electron chi connectivity index (χ3n) is 2.65. The molecule has 0 heterocycles. The Morgan fingerprint density at radius 2 is 2.12 bits per heavy atom. The molecule has 0 radical (unpaired) electrons. The van der Waals surface area contributed by atoms with Crippen LogP contribution in [0.5, 0.6) is 0 Å². The van der Waals surface area contributed by atoms with Gasteiger partial charge in [0, 0.05) is 11.0 Å². The summed E-state index contributed by atoms with van der Waals surface area (Å²) in [6.07, 6.45) is 0. The van der Waals surface area contributed by atoms with Gasteiger partial charge in [0.15, 0.2) is 0 Å². The Morgan fingerprint density at radius 3 is 2.65 bits per heavy atom. The quantitative estimate of drug-likeness (QED) is 0.869. The Balaban J connectivity index is 2.67. The molecule has 0 saturated carbocycles. The SMILES string of the molecule is COC(=O)C(C)(C)NCc1ccc(Br)c(C)c1. The summed E-state index contributed by atoms with van der Waals surface area (Å²) < 4.78 is 5.83. The van der Waals surface area contributed by atoms with E-state index >= 15 is 0 Å². The van der Waals surface area contributed by atoms with Gasteiger partial charge in [-0.05, 0) is 38.0 Å². The standard InChI is InChI=1S/C13H18BrNO2/c1-9-7-10(5-6-11(9)14)8-15-13(2,3)12(16)17-4/h5-7,15H,8H2,1-4H3. The van der Waals surface area contributed by atoms with Crippen molar-refractivity contribution in [2.75, 3.05) is 7.11 Å². The normalized spacial score (nSPS) is 11.4. The highest BCUT2D eigenvalue weighted by Gasteiger charge is 2.27. The third kappa shape index (κ3) is 3.82. The number of nitrogens with one attached hydrogen (secondary N) is 1. The van der Waals surface area contributed by atoms with E-state index in [4.69, 9.17) is 4.74 Å². The van der Waals surface area contributed by atoms with E-state index in [0.717, 1.165) is 10.0 Å². The zero-order chi connectivity index (χ0) is 13.1. The first kappa shape index (κ1) is 14.2. The molecule has 0 saturated heterocycles. The van der Waals surface area contributed by atoms with Crippen LogP contribution >= 0.6 is 15.9 Å². The smallest absolute Gasteiger partial charge is 0.325 e. The summed E-state index contributed by atoms with van der Waals surface area (Å²) in [4.78, 5) is 11.5. The van der Waals surface area contributed by atoms with Gasteiger partial charge in [0.05, 0.1) is 7.11 Å². The van der Waals surface area contributed by atoms with Crippen molar-refractivity contribution in [3.8, 4) is 0 Å². The minimum atomic E-state index is -0.671. The number of hydrogen-bond acceptors (Lipinski definition) is 3. The van der Waals surface area contributed by atoms with Gasteiger partial charge >= 0.3 is 5.97 Å². The molecule has 1 rings (SSSR count). The van der Waals surface area contributed by atoms with Crippen LogP contribution in [0.25, 0.3) is 0 Å². The van der Waals surface area contributed by atoms with E-state index in [1.54, 1.807) is 0 Å². The topological polar surface area (TPSA) is 38.3 Å². The molecule has 1 aromatic rings. The van der Waals surface area contributed by atoms with Crippen LogP contribution in [-0.2, 0) is 16.1 Å². The predicted octanol–water partition coefficient (Wildman–Crippen LogP) is 2.80. The van der Waals surface area contributed by atoms with Crippen LogP contribution in [0.1, 0.15) is 25.0 Å². The van der Waals surface area contributed by atoms with Crippen molar-refractivity contribution in [1.82, 2.24) is 5.32 Å². The molecule has 0 atom stereocenters. The minimum absolute atomic E-state index is 0.258. The van der Waals surface area contributed by atoms with Crippen LogP contribution in [0.4, 0.5) is 0 Å². The third-order valence-corrected chi connectivity index (χ3v) is 3.54. The molecule has 0 amide bonds. The molecule has 94 valence electrons. The first-order valence-corrected chi connectivity index (χ1v) is 6.24. The van der Waals surface area contributed by atoms with Gasteiger partial charge in [0.2, 0.25) is 0 Å². The van der Waals surface area contributed by atoms with Crippen molar-refractivity contribution >= 4 is 21.9 Å². The lowest BCUT2D eigenvalue weighted by molar-refractivity contribution is -0.147. The number of methoxy groups -OCH3 is 1. The van der Waals surface area contributed by atoms with E-state index in [9.17, 15) is 4.79 Å². The van der Waals surface area contributed by atoms with E-state index in [2.05, 4.69) is 27.3 Å². The van der Waals surface area contributed by atoms with Crippen LogP contribution in [0.15, 0.2) is 22.7 Å². The number of aryl methyl sites for hydroxylation is 1. The van der Waals surface area contributed by atoms with Gasteiger partial charge in [-0.15, -0.1) is 0 Å². The lowest BCUT2D eigenvalue weighted by Gasteiger charge is -2.23. The van der Waals surface area contributed by atoms with Crippen molar-refractivity contribution in [1.29, 1.82) is 0 Å². The molecule has 0 bridgehead atoms. The van der Waals surface area contributed by atoms with Gasteiger partial charge in [-0.25, -0.2) is 0 Å². The summed E-state index contributed by atoms with van der Waals surface area (Å²) >= 11 is 3.46. The van der Waals surface area contributed by atoms with E-state index in [0.29, 0.717) is 6.54 Å². The highest BCUT2D eigenvalue weighted by Crippen LogP contribution is 2.17. The lowest BCUT2D eigenvalue weighted by Crippen LogP contribution is -2.46. The first-order valence-electron chi connectivity index (χ1n) is 5.45. The van der Waals surface area contributed by atoms with Gasteiger partial charge in [-0.3, -0.25) is 10.1 Å². The molecule has 4 heteroatoms. The second kappa shape index (κ2) is 5.65. The van der Waals surface area contributed by atoms with Crippen LogP contribution in [0.2, 0.25) is 0 Å². The molecule has 0 aromatic heterocycles. The molecule has 0 aliphatic rings. The first-order chi connectivity index (χ1) is 7.86. The van der Waals surface area contributed by atoms with E-state index in [1.165, 1.54) is 12.7 Å². The fraction of sp³-hybridized carbons (Fsp3) is 0.462. The zero-order valence-corrected chi connectivity index (χ0v) is 12.2. The van der Waals surface area contributed by atoms with Crippen molar-refractivity contribution < 1.29 is 9.53 Å². The monoisotopic (exact) mass is 299 g/mol. The number of halogens is 1. The molecule has 0 fully saturated rings. The fourth-order valence-corrected chi connectivity index (χ4v) is 1.71. The molecule has 1 aromatic carbocycles. The average molecular weight is 300 g/mol. The van der Waals surface area contributed by atoms with Crippen molar-refractivity contribution in [3.05, 3.63) is 33.8 Å². The summed E-state index contributed by atoms with van der Waals surface area (Å²) in [6.45, 7) is 6.30. The van der Waals surface area contributed by atoms with Gasteiger partial charge in [-0.2, -0.15) is 0 Å². The maximum absolute atomic E-state index is 11.5. The van der Waals surface area contributed by atoms with Gasteiger partial charge in [-0.1, -0.05) is 28.1 Å². The summed E-state index contributed by atoms with van der Waals surface area (Å²) in [5.41, 5.74) is 1.65. The molecule has 0 spiro atoms. The van der Waals surface area contributed by atoms with E-state index in [-0.39, 0.29) is 5.97 Å². The molecule has 1 N–H and O–H groups in total. The summed E-state index contributed by atoms with van der Waals surface area (Å²) in [7, 11) is 1.40. The largest absolute Gasteiger partial charge is 0.468 e. The predicted molar refractivity (Wildman–Crippen MR) is 71.8 cm³/mol. The molecular formula is C13H18BrNO2. The molecule has 0 aliphatic carbocycles. The number of carbonyl (C=O) groups excluding carboxylic acids is 1. The van der Waals surface area contributed by atoms with Crippen molar-refractivity contribution in [2.45, 2.75) is 32.9 Å². The number of rotatable bonds is 4. The second-order valence-electron chi connectivity index (χ2n) is 4.55. The molecule has 0 unspecified atom stereocenters. The number of ether oxygens (including phenoxy) is 1. The molecule has 3 nitrogen and oxygen atoms in total. The zero-order valence-electron chi connectivity index (χ0n) is 10.6. The highest BCUT2D eigenvalue weighted by molar-refractivity contribution is 9.10. The Hall–Kier alpha value is -0.870. The second-order valence-corrected chi connectivity index (χ2v) is 5.41. The van der Waals surface area contributed by atoms with Crippen molar-refractivity contribution in [2.24, 2.45) is 0 Å². The van der Waals surface area contributed by atoms with Gasteiger partial charge < -0.3 is 4.74 Å². The lowest BCUT2D eigenvalue weighted by atomic mass is 10.0. The van der Waals surface area contributed by atoms with Crippen LogP contribution in [-0.4, -0.2) is 18.6 Å². The average Bonchev–Trinajstić information content (AvgIpc) is 2.29. The minimum Gasteiger partial charge on any atom is -0.468 e. The number of esters is 1. The Morgan fingerprint density at radius 1 is 1.47 bits per heavy atom. The fourth-order valence-electron chi connectivity index (χ4n) is 1.47. The number of carbonyl (C=O) groups is 1. The maximum Gasteiger partial charge on any atom is 0.325 e. The Labute approximate surface area is 111 Å². The Bertz CT molecular complexity index is 416. The van der Waals surface area contributed by atoms with Crippen LogP contribution < -0.4 is 5.32 Å². The Kier molecular flexibility index (Phi) is 4.71. The maximum atomic E-state index is 11.5. The summed E-state index contributed by atoms with van der Waals surface area (Å²) in [5.74, 6) is -0.258. The van der Waals surface area contributed by atoms with Crippen LogP contribution in [0, 0.1) is 6.92 Å².